The lowest BCUT2D eigenvalue weighted by atomic mass is 10.4. The Balaban J connectivity index is 2.17. The molecule has 0 aromatic carbocycles. The molecule has 0 spiro atoms. The molecule has 15 heavy (non-hydrogen) atoms. The maximum Gasteiger partial charge on any atom is 0.128 e. The molecule has 0 radical (unpaired) electrons. The van der Waals surface area contributed by atoms with Crippen LogP contribution in [-0.4, -0.2) is 24.7 Å². The van der Waals surface area contributed by atoms with Crippen molar-refractivity contribution >= 4 is 11.6 Å². The van der Waals surface area contributed by atoms with E-state index in [0.717, 1.165) is 11.4 Å². The highest BCUT2D eigenvalue weighted by Gasteiger charge is 1.93. The van der Waals surface area contributed by atoms with Crippen LogP contribution in [0.1, 0.15) is 6.92 Å². The molecule has 1 rings (SSSR count). The molecule has 0 atom stereocenters. The highest BCUT2D eigenvalue weighted by Crippen LogP contribution is 2.04. The van der Waals surface area contributed by atoms with Gasteiger partial charge < -0.3 is 15.8 Å². The maximum absolute atomic E-state index is 5.53. The highest BCUT2D eigenvalue weighted by atomic mass is 16.5. The van der Waals surface area contributed by atoms with Gasteiger partial charge in [-0.2, -0.15) is 0 Å². The lowest BCUT2D eigenvalue weighted by Gasteiger charge is -2.06. The third-order valence-electron chi connectivity index (χ3n) is 1.67. The largest absolute Gasteiger partial charge is 0.384 e. The Morgan fingerprint density at radius 1 is 1.60 bits per heavy atom. The average molecular weight is 207 g/mol. The van der Waals surface area contributed by atoms with Crippen LogP contribution in [0.15, 0.2) is 30.4 Å². The summed E-state index contributed by atoms with van der Waals surface area (Å²) < 4.78 is 5.33. The topological polar surface area (TPSA) is 60.2 Å². The van der Waals surface area contributed by atoms with E-state index in [1.165, 1.54) is 0 Å². The molecule has 1 aromatic rings. The Hall–Kier alpha value is -1.55. The minimum atomic E-state index is 0.517. The first-order valence-corrected chi connectivity index (χ1v) is 4.87. The molecule has 0 bridgehead atoms. The molecule has 0 unspecified atom stereocenters. The van der Waals surface area contributed by atoms with E-state index in [-0.39, 0.29) is 0 Å². The van der Waals surface area contributed by atoms with Crippen LogP contribution >= 0.6 is 0 Å². The van der Waals surface area contributed by atoms with Crippen molar-refractivity contribution in [2.45, 2.75) is 6.92 Å². The molecule has 0 aliphatic carbocycles. The minimum Gasteiger partial charge on any atom is -0.384 e. The molecular formula is C11H17N3O. The quantitative estimate of drug-likeness (QED) is 0.550. The summed E-state index contributed by atoms with van der Waals surface area (Å²) in [6.07, 6.45) is 0. The Morgan fingerprint density at radius 3 is 3.07 bits per heavy atom. The fourth-order valence-electron chi connectivity index (χ4n) is 1.05. The number of nitrogens with one attached hydrogen (secondary N) is 1. The van der Waals surface area contributed by atoms with Gasteiger partial charge in [-0.15, -0.1) is 0 Å². The SMILES string of the molecule is C=C(C)COCCNc1cccc(N)n1. The van der Waals surface area contributed by atoms with Gasteiger partial charge in [-0.25, -0.2) is 4.98 Å². The molecular weight excluding hydrogens is 190 g/mol. The molecule has 0 amide bonds. The molecule has 0 aliphatic heterocycles. The van der Waals surface area contributed by atoms with Crippen molar-refractivity contribution in [3.05, 3.63) is 30.4 Å². The second-order valence-corrected chi connectivity index (χ2v) is 3.38. The summed E-state index contributed by atoms with van der Waals surface area (Å²) in [7, 11) is 0. The lowest BCUT2D eigenvalue weighted by molar-refractivity contribution is 0.167. The first kappa shape index (κ1) is 11.5. The van der Waals surface area contributed by atoms with Gasteiger partial charge in [0.25, 0.3) is 0 Å². The predicted molar refractivity (Wildman–Crippen MR) is 62.8 cm³/mol. The van der Waals surface area contributed by atoms with Crippen molar-refractivity contribution < 1.29 is 4.74 Å². The fourth-order valence-corrected chi connectivity index (χ4v) is 1.05. The molecule has 0 saturated carbocycles. The Kier molecular flexibility index (Phi) is 4.63. The number of hydrogen-bond acceptors (Lipinski definition) is 4. The summed E-state index contributed by atoms with van der Waals surface area (Å²) in [4.78, 5) is 4.10. The van der Waals surface area contributed by atoms with Gasteiger partial charge in [0.15, 0.2) is 0 Å². The van der Waals surface area contributed by atoms with Crippen molar-refractivity contribution in [3.63, 3.8) is 0 Å². The van der Waals surface area contributed by atoms with E-state index in [2.05, 4.69) is 16.9 Å². The van der Waals surface area contributed by atoms with Gasteiger partial charge in [0.2, 0.25) is 0 Å². The number of nitrogens with two attached hydrogens (primary N) is 1. The summed E-state index contributed by atoms with van der Waals surface area (Å²) in [5.74, 6) is 1.29. The van der Waals surface area contributed by atoms with E-state index in [4.69, 9.17) is 10.5 Å². The van der Waals surface area contributed by atoms with E-state index < -0.39 is 0 Å². The van der Waals surface area contributed by atoms with Crippen LogP contribution < -0.4 is 11.1 Å². The molecule has 3 N–H and O–H groups in total. The van der Waals surface area contributed by atoms with Crippen molar-refractivity contribution in [3.8, 4) is 0 Å². The van der Waals surface area contributed by atoms with Crippen LogP contribution in [0.2, 0.25) is 0 Å². The van der Waals surface area contributed by atoms with Crippen molar-refractivity contribution in [1.82, 2.24) is 4.98 Å². The molecule has 0 fully saturated rings. The van der Waals surface area contributed by atoms with Gasteiger partial charge >= 0.3 is 0 Å². The zero-order chi connectivity index (χ0) is 11.1. The summed E-state index contributed by atoms with van der Waals surface area (Å²) in [6, 6.07) is 5.48. The van der Waals surface area contributed by atoms with Crippen LogP contribution in [0.25, 0.3) is 0 Å². The minimum absolute atomic E-state index is 0.517. The smallest absolute Gasteiger partial charge is 0.128 e. The van der Waals surface area contributed by atoms with E-state index in [9.17, 15) is 0 Å². The van der Waals surface area contributed by atoms with E-state index in [1.54, 1.807) is 6.07 Å². The van der Waals surface area contributed by atoms with Crippen LogP contribution in [0, 0.1) is 0 Å². The number of anilines is 2. The number of rotatable bonds is 6. The van der Waals surface area contributed by atoms with Gasteiger partial charge in [0.05, 0.1) is 13.2 Å². The standard InChI is InChI=1S/C11H17N3O/c1-9(2)8-15-7-6-13-11-5-3-4-10(12)14-11/h3-5H,1,6-8H2,2H3,(H3,12,13,14). The van der Waals surface area contributed by atoms with Gasteiger partial charge in [0, 0.05) is 6.54 Å². The Morgan fingerprint density at radius 2 is 2.40 bits per heavy atom. The Labute approximate surface area is 90.2 Å². The van der Waals surface area contributed by atoms with Gasteiger partial charge in [-0.1, -0.05) is 18.2 Å². The molecule has 0 aliphatic rings. The first-order chi connectivity index (χ1) is 7.18. The van der Waals surface area contributed by atoms with Gasteiger partial charge in [-0.3, -0.25) is 0 Å². The second kappa shape index (κ2) is 6.03. The number of hydrogen-bond donors (Lipinski definition) is 2. The van der Waals surface area contributed by atoms with Gasteiger partial charge in [-0.05, 0) is 19.1 Å². The zero-order valence-corrected chi connectivity index (χ0v) is 8.99. The lowest BCUT2D eigenvalue weighted by Crippen LogP contribution is -2.11. The number of aromatic nitrogens is 1. The number of nitrogens with zero attached hydrogens (tertiary/aromatic N) is 1. The second-order valence-electron chi connectivity index (χ2n) is 3.38. The molecule has 1 heterocycles. The Bertz CT molecular complexity index is 325. The highest BCUT2D eigenvalue weighted by molar-refractivity contribution is 5.41. The third kappa shape index (κ3) is 5.02. The average Bonchev–Trinajstić information content (AvgIpc) is 2.17. The van der Waals surface area contributed by atoms with Crippen LogP contribution in [0.3, 0.4) is 0 Å². The van der Waals surface area contributed by atoms with E-state index in [1.807, 2.05) is 19.1 Å². The van der Waals surface area contributed by atoms with Crippen LogP contribution in [0.4, 0.5) is 11.6 Å². The van der Waals surface area contributed by atoms with Gasteiger partial charge in [0.1, 0.15) is 11.6 Å². The van der Waals surface area contributed by atoms with E-state index >= 15 is 0 Å². The fraction of sp³-hybridized carbons (Fsp3) is 0.364. The number of nitrogen functional groups attached to an aromatic ring is 1. The van der Waals surface area contributed by atoms with E-state index in [0.29, 0.717) is 25.6 Å². The molecule has 0 saturated heterocycles. The first-order valence-electron chi connectivity index (χ1n) is 4.87. The predicted octanol–water partition coefficient (Wildman–Crippen LogP) is 1.67. The number of ether oxygens (including phenoxy) is 1. The van der Waals surface area contributed by atoms with Crippen LogP contribution in [-0.2, 0) is 4.74 Å². The number of pyridine rings is 1. The van der Waals surface area contributed by atoms with Crippen LogP contribution in [0.5, 0.6) is 0 Å². The third-order valence-corrected chi connectivity index (χ3v) is 1.67. The van der Waals surface area contributed by atoms with Crippen molar-refractivity contribution in [2.75, 3.05) is 30.8 Å². The van der Waals surface area contributed by atoms with Crippen molar-refractivity contribution in [1.29, 1.82) is 0 Å². The summed E-state index contributed by atoms with van der Waals surface area (Å²) >= 11 is 0. The van der Waals surface area contributed by atoms with Crippen molar-refractivity contribution in [2.24, 2.45) is 0 Å². The summed E-state index contributed by atoms with van der Waals surface area (Å²) in [5.41, 5.74) is 6.56. The maximum atomic E-state index is 5.53. The normalized spacial score (nSPS) is 9.93. The zero-order valence-electron chi connectivity index (χ0n) is 8.99. The summed E-state index contributed by atoms with van der Waals surface area (Å²) in [6.45, 7) is 7.63. The molecule has 82 valence electrons. The molecule has 4 heteroatoms. The molecule has 4 nitrogen and oxygen atoms in total. The molecule has 1 aromatic heterocycles. The monoisotopic (exact) mass is 207 g/mol. The summed E-state index contributed by atoms with van der Waals surface area (Å²) in [5, 5.41) is 3.11.